The van der Waals surface area contributed by atoms with Gasteiger partial charge in [0.2, 0.25) is 0 Å². The first-order chi connectivity index (χ1) is 10.1. The number of non-ortho nitro benzene ring substituents is 1. The first-order valence-electron chi connectivity index (χ1n) is 6.41. The highest BCUT2D eigenvalue weighted by Gasteiger charge is 2.05. The Morgan fingerprint density at radius 1 is 1.00 bits per heavy atom. The summed E-state index contributed by atoms with van der Waals surface area (Å²) in [4.78, 5) is 14.6. The number of nitrogens with zero attached hydrogens (tertiary/aromatic N) is 2. The molecule has 0 atom stereocenters. The fraction of sp³-hybridized carbons (Fsp3) is 0.0625. The lowest BCUT2D eigenvalue weighted by atomic mass is 10.2. The smallest absolute Gasteiger partial charge is 0.269 e. The molecule has 0 amide bonds. The standard InChI is InChI=1S/C16H12N2O3/c1-11-2-3-12-10-15(8-9-16(12)17-11)21-14-6-4-13(5-7-14)18(19)20/h2-10H,1H3. The second-order valence-corrected chi connectivity index (χ2v) is 4.66. The Morgan fingerprint density at radius 3 is 2.43 bits per heavy atom. The minimum absolute atomic E-state index is 0.0422. The van der Waals surface area contributed by atoms with E-state index in [0.29, 0.717) is 11.5 Å². The average molecular weight is 280 g/mol. The number of benzene rings is 2. The van der Waals surface area contributed by atoms with Crippen molar-refractivity contribution >= 4 is 16.6 Å². The largest absolute Gasteiger partial charge is 0.457 e. The highest BCUT2D eigenvalue weighted by Crippen LogP contribution is 2.26. The van der Waals surface area contributed by atoms with Gasteiger partial charge in [-0.15, -0.1) is 0 Å². The monoisotopic (exact) mass is 280 g/mol. The zero-order chi connectivity index (χ0) is 14.8. The van der Waals surface area contributed by atoms with Crippen molar-refractivity contribution in [2.45, 2.75) is 6.92 Å². The van der Waals surface area contributed by atoms with Crippen LogP contribution in [0.25, 0.3) is 10.9 Å². The van der Waals surface area contributed by atoms with Crippen LogP contribution in [0.3, 0.4) is 0 Å². The molecule has 0 aliphatic carbocycles. The number of pyridine rings is 1. The molecular formula is C16H12N2O3. The first-order valence-corrected chi connectivity index (χ1v) is 6.41. The average Bonchev–Trinajstić information content (AvgIpc) is 2.48. The van der Waals surface area contributed by atoms with Crippen molar-refractivity contribution in [2.75, 3.05) is 0 Å². The number of ether oxygens (including phenoxy) is 1. The van der Waals surface area contributed by atoms with Gasteiger partial charge in [-0.3, -0.25) is 15.1 Å². The molecule has 0 N–H and O–H groups in total. The van der Waals surface area contributed by atoms with Gasteiger partial charge in [0.15, 0.2) is 0 Å². The van der Waals surface area contributed by atoms with E-state index in [-0.39, 0.29) is 5.69 Å². The molecule has 0 saturated carbocycles. The van der Waals surface area contributed by atoms with E-state index < -0.39 is 4.92 Å². The summed E-state index contributed by atoms with van der Waals surface area (Å²) in [5, 5.41) is 11.6. The van der Waals surface area contributed by atoms with Crippen LogP contribution in [0, 0.1) is 17.0 Å². The van der Waals surface area contributed by atoms with Crippen molar-refractivity contribution < 1.29 is 9.66 Å². The normalized spacial score (nSPS) is 10.5. The third-order valence-corrected chi connectivity index (χ3v) is 3.08. The van der Waals surface area contributed by atoms with Crippen molar-refractivity contribution in [2.24, 2.45) is 0 Å². The van der Waals surface area contributed by atoms with Gasteiger partial charge in [-0.25, -0.2) is 0 Å². The van der Waals surface area contributed by atoms with Crippen LogP contribution in [0.1, 0.15) is 5.69 Å². The zero-order valence-electron chi connectivity index (χ0n) is 11.3. The highest BCUT2D eigenvalue weighted by atomic mass is 16.6. The summed E-state index contributed by atoms with van der Waals surface area (Å²) in [7, 11) is 0. The van der Waals surface area contributed by atoms with Crippen molar-refractivity contribution in [3.63, 3.8) is 0 Å². The summed E-state index contributed by atoms with van der Waals surface area (Å²) in [5.74, 6) is 1.22. The third-order valence-electron chi connectivity index (χ3n) is 3.08. The summed E-state index contributed by atoms with van der Waals surface area (Å²) in [6.07, 6.45) is 0. The number of nitro benzene ring substituents is 1. The molecule has 21 heavy (non-hydrogen) atoms. The van der Waals surface area contributed by atoms with Crippen molar-refractivity contribution in [3.8, 4) is 11.5 Å². The number of aryl methyl sites for hydroxylation is 1. The SMILES string of the molecule is Cc1ccc2cc(Oc3ccc([N+](=O)[O-])cc3)ccc2n1. The second-order valence-electron chi connectivity index (χ2n) is 4.66. The van der Waals surface area contributed by atoms with E-state index in [2.05, 4.69) is 4.98 Å². The van der Waals surface area contributed by atoms with E-state index in [4.69, 9.17) is 4.74 Å². The van der Waals surface area contributed by atoms with Crippen molar-refractivity contribution in [3.05, 3.63) is 70.4 Å². The Kier molecular flexibility index (Phi) is 3.23. The van der Waals surface area contributed by atoms with Crippen LogP contribution in [-0.2, 0) is 0 Å². The Morgan fingerprint density at radius 2 is 1.71 bits per heavy atom. The summed E-state index contributed by atoms with van der Waals surface area (Å²) in [6.45, 7) is 1.95. The van der Waals surface area contributed by atoms with Crippen LogP contribution >= 0.6 is 0 Å². The Labute approximate surface area is 121 Å². The highest BCUT2D eigenvalue weighted by molar-refractivity contribution is 5.80. The maximum Gasteiger partial charge on any atom is 0.269 e. The molecule has 3 aromatic rings. The molecule has 0 fully saturated rings. The summed E-state index contributed by atoms with van der Waals surface area (Å²) in [6, 6.07) is 15.5. The summed E-state index contributed by atoms with van der Waals surface area (Å²) >= 11 is 0. The summed E-state index contributed by atoms with van der Waals surface area (Å²) < 4.78 is 5.70. The molecule has 0 radical (unpaired) electrons. The van der Waals surface area contributed by atoms with Gasteiger partial charge >= 0.3 is 0 Å². The van der Waals surface area contributed by atoms with E-state index in [1.54, 1.807) is 12.1 Å². The molecule has 5 heteroatoms. The van der Waals surface area contributed by atoms with Gasteiger partial charge in [0.1, 0.15) is 11.5 Å². The fourth-order valence-electron chi connectivity index (χ4n) is 2.04. The van der Waals surface area contributed by atoms with Crippen molar-refractivity contribution in [1.82, 2.24) is 4.98 Å². The van der Waals surface area contributed by atoms with Gasteiger partial charge in [0.05, 0.1) is 10.4 Å². The number of rotatable bonds is 3. The number of aromatic nitrogens is 1. The molecule has 2 aromatic carbocycles. The van der Waals surface area contributed by atoms with Gasteiger partial charge < -0.3 is 4.74 Å². The quantitative estimate of drug-likeness (QED) is 0.531. The molecule has 0 unspecified atom stereocenters. The lowest BCUT2D eigenvalue weighted by molar-refractivity contribution is -0.384. The molecule has 0 aliphatic rings. The number of hydrogen-bond donors (Lipinski definition) is 0. The Balaban J connectivity index is 1.87. The molecule has 104 valence electrons. The Bertz CT molecular complexity index is 813. The van der Waals surface area contributed by atoms with Gasteiger partial charge in [-0.1, -0.05) is 6.07 Å². The van der Waals surface area contributed by atoms with E-state index in [1.165, 1.54) is 12.1 Å². The molecule has 0 bridgehead atoms. The van der Waals surface area contributed by atoms with Crippen LogP contribution in [0.4, 0.5) is 5.69 Å². The lowest BCUT2D eigenvalue weighted by Crippen LogP contribution is -1.89. The molecule has 0 aliphatic heterocycles. The fourth-order valence-corrected chi connectivity index (χ4v) is 2.04. The van der Waals surface area contributed by atoms with Gasteiger partial charge in [-0.2, -0.15) is 0 Å². The van der Waals surface area contributed by atoms with Crippen LogP contribution in [0.15, 0.2) is 54.6 Å². The first kappa shape index (κ1) is 13.1. The van der Waals surface area contributed by atoms with Crippen LogP contribution in [0.2, 0.25) is 0 Å². The maximum absolute atomic E-state index is 10.6. The van der Waals surface area contributed by atoms with Crippen LogP contribution in [0.5, 0.6) is 11.5 Å². The van der Waals surface area contributed by atoms with E-state index in [0.717, 1.165) is 16.6 Å². The van der Waals surface area contributed by atoms with E-state index in [1.807, 2.05) is 37.3 Å². The predicted octanol–water partition coefficient (Wildman–Crippen LogP) is 4.24. The second kappa shape index (κ2) is 5.20. The van der Waals surface area contributed by atoms with Gasteiger partial charge in [-0.05, 0) is 43.3 Å². The molecule has 0 spiro atoms. The summed E-state index contributed by atoms with van der Waals surface area (Å²) in [5.41, 5.74) is 1.91. The van der Waals surface area contributed by atoms with Crippen LogP contribution in [-0.4, -0.2) is 9.91 Å². The van der Waals surface area contributed by atoms with E-state index >= 15 is 0 Å². The minimum atomic E-state index is -0.437. The molecular weight excluding hydrogens is 268 g/mol. The third kappa shape index (κ3) is 2.81. The maximum atomic E-state index is 10.6. The van der Waals surface area contributed by atoms with Crippen LogP contribution < -0.4 is 4.74 Å². The number of nitro groups is 1. The molecule has 3 rings (SSSR count). The zero-order valence-corrected chi connectivity index (χ0v) is 11.3. The van der Waals surface area contributed by atoms with Crippen molar-refractivity contribution in [1.29, 1.82) is 0 Å². The Hall–Kier alpha value is -2.95. The predicted molar refractivity (Wildman–Crippen MR) is 79.7 cm³/mol. The lowest BCUT2D eigenvalue weighted by Gasteiger charge is -2.06. The molecule has 5 nitrogen and oxygen atoms in total. The minimum Gasteiger partial charge on any atom is -0.457 e. The van der Waals surface area contributed by atoms with Gasteiger partial charge in [0.25, 0.3) is 5.69 Å². The number of fused-ring (bicyclic) bond motifs is 1. The molecule has 1 aromatic heterocycles. The van der Waals surface area contributed by atoms with E-state index in [9.17, 15) is 10.1 Å². The topological polar surface area (TPSA) is 65.3 Å². The van der Waals surface area contributed by atoms with Gasteiger partial charge in [0, 0.05) is 23.2 Å². The number of hydrogen-bond acceptors (Lipinski definition) is 4. The molecule has 0 saturated heterocycles. The molecule has 1 heterocycles.